The van der Waals surface area contributed by atoms with Crippen LogP contribution in [0.4, 0.5) is 8.78 Å². The second kappa shape index (κ2) is 6.61. The first-order valence-electron chi connectivity index (χ1n) is 7.09. The van der Waals surface area contributed by atoms with Gasteiger partial charge in [0.15, 0.2) is 11.6 Å². The molecule has 0 aliphatic carbocycles. The lowest BCUT2D eigenvalue weighted by atomic mass is 9.98. The van der Waals surface area contributed by atoms with Crippen LogP contribution in [0.2, 0.25) is 0 Å². The van der Waals surface area contributed by atoms with E-state index in [2.05, 4.69) is 9.80 Å². The molecule has 0 saturated carbocycles. The molecule has 2 N–H and O–H groups in total. The van der Waals surface area contributed by atoms with Crippen LogP contribution >= 0.6 is 0 Å². The molecule has 1 aliphatic rings. The normalized spacial score (nSPS) is 22.2. The molecule has 112 valence electrons. The molecule has 1 fully saturated rings. The Morgan fingerprint density at radius 2 is 2.15 bits per heavy atom. The standard InChI is InChI=1S/C15H23F2N3/c1-19(2)11-5-4-8-20(10-11)14(9-18)12-6-3-7-13(16)15(12)17/h3,6-7,11,14H,4-5,8-10,18H2,1-2H3. The molecule has 0 spiro atoms. The molecular weight excluding hydrogens is 260 g/mol. The number of likely N-dealkylation sites (N-methyl/N-ethyl adjacent to an activating group) is 1. The molecule has 1 saturated heterocycles. The maximum Gasteiger partial charge on any atom is 0.163 e. The van der Waals surface area contributed by atoms with Gasteiger partial charge in [0.2, 0.25) is 0 Å². The molecule has 1 aromatic rings. The molecule has 0 bridgehead atoms. The van der Waals surface area contributed by atoms with Gasteiger partial charge in [-0.1, -0.05) is 12.1 Å². The maximum absolute atomic E-state index is 14.0. The maximum atomic E-state index is 14.0. The zero-order valence-corrected chi connectivity index (χ0v) is 12.1. The lowest BCUT2D eigenvalue weighted by Crippen LogP contribution is -2.48. The van der Waals surface area contributed by atoms with Gasteiger partial charge in [0, 0.05) is 24.7 Å². The van der Waals surface area contributed by atoms with E-state index in [-0.39, 0.29) is 6.04 Å². The van der Waals surface area contributed by atoms with Gasteiger partial charge in [0.05, 0.1) is 6.04 Å². The van der Waals surface area contributed by atoms with Gasteiger partial charge < -0.3 is 10.6 Å². The van der Waals surface area contributed by atoms with E-state index in [1.807, 2.05) is 14.1 Å². The van der Waals surface area contributed by atoms with Crippen molar-refractivity contribution in [3.05, 3.63) is 35.4 Å². The number of likely N-dealkylation sites (tertiary alicyclic amines) is 1. The Bertz CT molecular complexity index is 451. The molecule has 1 aliphatic heterocycles. The van der Waals surface area contributed by atoms with Crippen molar-refractivity contribution in [3.63, 3.8) is 0 Å². The summed E-state index contributed by atoms with van der Waals surface area (Å²) in [5.74, 6) is -1.57. The van der Waals surface area contributed by atoms with Crippen molar-refractivity contribution in [2.45, 2.75) is 24.9 Å². The third-order valence-corrected chi connectivity index (χ3v) is 4.16. The van der Waals surface area contributed by atoms with Crippen LogP contribution in [-0.2, 0) is 0 Å². The minimum absolute atomic E-state index is 0.256. The summed E-state index contributed by atoms with van der Waals surface area (Å²) in [6.07, 6.45) is 2.18. The van der Waals surface area contributed by atoms with E-state index in [9.17, 15) is 8.78 Å². The fraction of sp³-hybridized carbons (Fsp3) is 0.600. The molecule has 1 aromatic carbocycles. The van der Waals surface area contributed by atoms with Crippen LogP contribution in [0.3, 0.4) is 0 Å². The quantitative estimate of drug-likeness (QED) is 0.917. The number of rotatable bonds is 4. The smallest absolute Gasteiger partial charge is 0.163 e. The van der Waals surface area contributed by atoms with Crippen molar-refractivity contribution in [3.8, 4) is 0 Å². The average Bonchev–Trinajstić information content (AvgIpc) is 2.44. The Kier molecular flexibility index (Phi) is 5.07. The van der Waals surface area contributed by atoms with E-state index in [4.69, 9.17) is 5.73 Å². The molecule has 2 unspecified atom stereocenters. The highest BCUT2D eigenvalue weighted by Crippen LogP contribution is 2.27. The van der Waals surface area contributed by atoms with Crippen LogP contribution in [-0.4, -0.2) is 49.6 Å². The lowest BCUT2D eigenvalue weighted by Gasteiger charge is -2.40. The van der Waals surface area contributed by atoms with Crippen molar-refractivity contribution in [1.82, 2.24) is 9.80 Å². The third kappa shape index (κ3) is 3.16. The molecular formula is C15H23F2N3. The monoisotopic (exact) mass is 283 g/mol. The highest BCUT2D eigenvalue weighted by molar-refractivity contribution is 5.23. The summed E-state index contributed by atoms with van der Waals surface area (Å²) < 4.78 is 27.4. The molecule has 2 atom stereocenters. The summed E-state index contributed by atoms with van der Waals surface area (Å²) in [4.78, 5) is 4.35. The van der Waals surface area contributed by atoms with Gasteiger partial charge in [-0.15, -0.1) is 0 Å². The Morgan fingerprint density at radius 3 is 2.80 bits per heavy atom. The van der Waals surface area contributed by atoms with Crippen LogP contribution in [0.25, 0.3) is 0 Å². The van der Waals surface area contributed by atoms with E-state index >= 15 is 0 Å². The van der Waals surface area contributed by atoms with Gasteiger partial charge in [0.1, 0.15) is 0 Å². The summed E-state index contributed by atoms with van der Waals surface area (Å²) in [6.45, 7) is 2.01. The van der Waals surface area contributed by atoms with E-state index in [1.54, 1.807) is 12.1 Å². The minimum Gasteiger partial charge on any atom is -0.329 e. The van der Waals surface area contributed by atoms with Crippen molar-refractivity contribution in [1.29, 1.82) is 0 Å². The Labute approximate surface area is 119 Å². The number of halogens is 2. The largest absolute Gasteiger partial charge is 0.329 e. The molecule has 0 amide bonds. The number of hydrogen-bond donors (Lipinski definition) is 1. The summed E-state index contributed by atoms with van der Waals surface area (Å²) in [6, 6.07) is 4.51. The third-order valence-electron chi connectivity index (χ3n) is 4.16. The zero-order chi connectivity index (χ0) is 14.7. The van der Waals surface area contributed by atoms with Crippen molar-refractivity contribution in [2.75, 3.05) is 33.7 Å². The van der Waals surface area contributed by atoms with Gasteiger partial charge in [0.25, 0.3) is 0 Å². The number of hydrogen-bond acceptors (Lipinski definition) is 3. The first kappa shape index (κ1) is 15.4. The second-order valence-electron chi connectivity index (χ2n) is 5.65. The van der Waals surface area contributed by atoms with Gasteiger partial charge in [-0.05, 0) is 39.5 Å². The second-order valence-corrected chi connectivity index (χ2v) is 5.65. The first-order valence-corrected chi connectivity index (χ1v) is 7.09. The molecule has 1 heterocycles. The van der Waals surface area contributed by atoms with Crippen LogP contribution in [0, 0.1) is 11.6 Å². The van der Waals surface area contributed by atoms with Crippen molar-refractivity contribution in [2.24, 2.45) is 5.73 Å². The van der Waals surface area contributed by atoms with Gasteiger partial charge in [-0.25, -0.2) is 8.78 Å². The topological polar surface area (TPSA) is 32.5 Å². The highest BCUT2D eigenvalue weighted by Gasteiger charge is 2.29. The molecule has 20 heavy (non-hydrogen) atoms. The Balaban J connectivity index is 2.21. The first-order chi connectivity index (χ1) is 9.54. The number of nitrogens with zero attached hydrogens (tertiary/aromatic N) is 2. The van der Waals surface area contributed by atoms with Crippen LogP contribution in [0.1, 0.15) is 24.4 Å². The van der Waals surface area contributed by atoms with E-state index in [0.717, 1.165) is 32.0 Å². The summed E-state index contributed by atoms with van der Waals surface area (Å²) in [7, 11) is 4.10. The van der Waals surface area contributed by atoms with E-state index in [1.165, 1.54) is 0 Å². The number of piperidine rings is 1. The highest BCUT2D eigenvalue weighted by atomic mass is 19.2. The van der Waals surface area contributed by atoms with Crippen LogP contribution in [0.5, 0.6) is 0 Å². The van der Waals surface area contributed by atoms with Gasteiger partial charge in [-0.2, -0.15) is 0 Å². The minimum atomic E-state index is -0.804. The zero-order valence-electron chi connectivity index (χ0n) is 12.1. The number of nitrogens with two attached hydrogens (primary N) is 1. The molecule has 0 radical (unpaired) electrons. The predicted octanol–water partition coefficient (Wildman–Crippen LogP) is 1.99. The molecule has 0 aromatic heterocycles. The summed E-state index contributed by atoms with van der Waals surface area (Å²) in [5.41, 5.74) is 6.20. The number of benzene rings is 1. The van der Waals surface area contributed by atoms with Gasteiger partial charge >= 0.3 is 0 Å². The molecule has 3 nitrogen and oxygen atoms in total. The van der Waals surface area contributed by atoms with Gasteiger partial charge in [-0.3, -0.25) is 4.90 Å². The van der Waals surface area contributed by atoms with E-state index in [0.29, 0.717) is 18.2 Å². The fourth-order valence-corrected chi connectivity index (χ4v) is 2.94. The summed E-state index contributed by atoms with van der Waals surface area (Å²) in [5, 5.41) is 0. The SMILES string of the molecule is CN(C)C1CCCN(C(CN)c2cccc(F)c2F)C1. The van der Waals surface area contributed by atoms with Crippen LogP contribution < -0.4 is 5.73 Å². The predicted molar refractivity (Wildman–Crippen MR) is 76.4 cm³/mol. The van der Waals surface area contributed by atoms with Crippen LogP contribution in [0.15, 0.2) is 18.2 Å². The van der Waals surface area contributed by atoms with E-state index < -0.39 is 11.6 Å². The Hall–Kier alpha value is -1.04. The molecule has 5 heteroatoms. The fourth-order valence-electron chi connectivity index (χ4n) is 2.94. The van der Waals surface area contributed by atoms with Crippen molar-refractivity contribution < 1.29 is 8.78 Å². The Morgan fingerprint density at radius 1 is 1.40 bits per heavy atom. The van der Waals surface area contributed by atoms with Crippen molar-refractivity contribution >= 4 is 0 Å². The summed E-state index contributed by atoms with van der Waals surface area (Å²) >= 11 is 0. The molecule has 2 rings (SSSR count). The average molecular weight is 283 g/mol. The lowest BCUT2D eigenvalue weighted by molar-refractivity contribution is 0.0966.